The summed E-state index contributed by atoms with van der Waals surface area (Å²) < 4.78 is 61.2. The lowest BCUT2D eigenvalue weighted by Crippen LogP contribution is -2.32. The lowest BCUT2D eigenvalue weighted by atomic mass is 9.98. The van der Waals surface area contributed by atoms with E-state index in [2.05, 4.69) is 27.2 Å². The molecule has 43 heavy (non-hydrogen) atoms. The van der Waals surface area contributed by atoms with Gasteiger partial charge in [0, 0.05) is 17.3 Å². The van der Waals surface area contributed by atoms with Crippen molar-refractivity contribution in [3.63, 3.8) is 0 Å². The van der Waals surface area contributed by atoms with Gasteiger partial charge in [-0.1, -0.05) is 16.6 Å². The van der Waals surface area contributed by atoms with Gasteiger partial charge >= 0.3 is 6.47 Å². The van der Waals surface area contributed by atoms with Crippen molar-refractivity contribution < 1.29 is 31.6 Å². The number of hydrogen-bond acceptors (Lipinski definition) is 9. The number of halogens is 2. The zero-order chi connectivity index (χ0) is 30.4. The molecular formula is C30H29F2N5O5S. The van der Waals surface area contributed by atoms with Crippen LogP contribution < -0.4 is 14.5 Å². The summed E-state index contributed by atoms with van der Waals surface area (Å²) in [6.45, 7) is 2.42. The van der Waals surface area contributed by atoms with Crippen molar-refractivity contribution in [1.29, 1.82) is 0 Å². The number of hydrogen-bond donors (Lipinski definition) is 1. The van der Waals surface area contributed by atoms with Crippen molar-refractivity contribution in [2.24, 2.45) is 5.92 Å². The van der Waals surface area contributed by atoms with E-state index in [1.165, 1.54) is 48.8 Å². The highest BCUT2D eigenvalue weighted by molar-refractivity contribution is 7.92. The maximum atomic E-state index is 14.9. The Labute approximate surface area is 247 Å². The van der Waals surface area contributed by atoms with Crippen LogP contribution in [0.4, 0.5) is 26.0 Å². The SMILES string of the molecule is CN1CCC(COc2ccc(-c3cc(Nc4ccc(N(OC=O)S(=O)(=O)c5ccccc5F)cc4)ncn3)cc2F)CC1. The van der Waals surface area contributed by atoms with E-state index in [1.54, 1.807) is 18.2 Å². The van der Waals surface area contributed by atoms with Crippen molar-refractivity contribution >= 4 is 33.7 Å². The first kappa shape index (κ1) is 29.9. The smallest absolute Gasteiger partial charge is 0.322 e. The Kier molecular flexibility index (Phi) is 9.12. The van der Waals surface area contributed by atoms with Crippen LogP contribution in [0.3, 0.4) is 0 Å². The first-order valence-corrected chi connectivity index (χ1v) is 14.9. The summed E-state index contributed by atoms with van der Waals surface area (Å²) in [5.74, 6) is -0.492. The molecule has 1 aliphatic rings. The number of likely N-dealkylation sites (tertiary alicyclic amines) is 1. The summed E-state index contributed by atoms with van der Waals surface area (Å²) >= 11 is 0. The Morgan fingerprint density at radius 1 is 1.00 bits per heavy atom. The third-order valence-electron chi connectivity index (χ3n) is 7.03. The molecule has 0 amide bonds. The Balaban J connectivity index is 1.27. The first-order chi connectivity index (χ1) is 20.7. The molecule has 3 aromatic carbocycles. The fourth-order valence-corrected chi connectivity index (χ4v) is 5.94. The van der Waals surface area contributed by atoms with Crippen molar-refractivity contribution in [2.45, 2.75) is 17.7 Å². The van der Waals surface area contributed by atoms with Crippen LogP contribution in [0.2, 0.25) is 0 Å². The largest absolute Gasteiger partial charge is 0.490 e. The molecule has 1 N–H and O–H groups in total. The Hall–Kier alpha value is -4.62. The molecule has 10 nitrogen and oxygen atoms in total. The molecule has 0 bridgehead atoms. The monoisotopic (exact) mass is 609 g/mol. The Bertz CT molecular complexity index is 1680. The van der Waals surface area contributed by atoms with Gasteiger partial charge in [-0.25, -0.2) is 18.7 Å². The van der Waals surface area contributed by atoms with Gasteiger partial charge in [-0.15, -0.1) is 0 Å². The minimum atomic E-state index is -4.55. The molecule has 0 saturated carbocycles. The van der Waals surface area contributed by atoms with E-state index in [9.17, 15) is 22.0 Å². The second-order valence-corrected chi connectivity index (χ2v) is 11.7. The number of nitrogens with one attached hydrogen (secondary N) is 1. The van der Waals surface area contributed by atoms with E-state index >= 15 is 0 Å². The van der Waals surface area contributed by atoms with Gasteiger partial charge in [-0.05, 0) is 93.5 Å². The molecule has 13 heteroatoms. The van der Waals surface area contributed by atoms with Gasteiger partial charge in [0.1, 0.15) is 22.9 Å². The molecule has 1 aromatic heterocycles. The summed E-state index contributed by atoms with van der Waals surface area (Å²) in [6, 6.07) is 16.8. The maximum Gasteiger partial charge on any atom is 0.322 e. The van der Waals surface area contributed by atoms with E-state index in [0.717, 1.165) is 38.1 Å². The number of carbonyl (C=O) groups is 1. The number of anilines is 3. The van der Waals surface area contributed by atoms with Crippen LogP contribution in [0.5, 0.6) is 5.75 Å². The number of nitrogens with zero attached hydrogens (tertiary/aromatic N) is 4. The van der Waals surface area contributed by atoms with Crippen molar-refractivity contribution in [3.05, 3.63) is 90.8 Å². The minimum absolute atomic E-state index is 0.0436. The molecule has 0 spiro atoms. The number of sulfonamides is 1. The van der Waals surface area contributed by atoms with Crippen molar-refractivity contribution in [2.75, 3.05) is 36.5 Å². The number of benzene rings is 3. The molecule has 0 aliphatic carbocycles. The first-order valence-electron chi connectivity index (χ1n) is 13.5. The molecule has 0 atom stereocenters. The van der Waals surface area contributed by atoms with Gasteiger partial charge in [0.05, 0.1) is 18.0 Å². The Morgan fingerprint density at radius 3 is 2.44 bits per heavy atom. The van der Waals surface area contributed by atoms with Gasteiger partial charge in [0.25, 0.3) is 10.0 Å². The highest BCUT2D eigenvalue weighted by Crippen LogP contribution is 2.29. The highest BCUT2D eigenvalue weighted by Gasteiger charge is 2.30. The third-order valence-corrected chi connectivity index (χ3v) is 8.65. The number of rotatable bonds is 11. The van der Waals surface area contributed by atoms with E-state index in [0.29, 0.717) is 39.8 Å². The number of aromatic nitrogens is 2. The van der Waals surface area contributed by atoms with Crippen LogP contribution in [0.25, 0.3) is 11.3 Å². The molecule has 1 fully saturated rings. The maximum absolute atomic E-state index is 14.9. The summed E-state index contributed by atoms with van der Waals surface area (Å²) in [4.78, 5) is 25.9. The fraction of sp³-hybridized carbons (Fsp3) is 0.233. The van der Waals surface area contributed by atoms with Crippen LogP contribution in [-0.4, -0.2) is 56.5 Å². The van der Waals surface area contributed by atoms with Crippen molar-refractivity contribution in [3.8, 4) is 17.0 Å². The lowest BCUT2D eigenvalue weighted by molar-refractivity contribution is -0.128. The second-order valence-electron chi connectivity index (χ2n) is 10.0. The van der Waals surface area contributed by atoms with Crippen LogP contribution in [0.1, 0.15) is 12.8 Å². The number of carbonyl (C=O) groups excluding carboxylic acids is 1. The van der Waals surface area contributed by atoms with Gasteiger partial charge in [-0.2, -0.15) is 8.42 Å². The van der Waals surface area contributed by atoms with Gasteiger partial charge in [-0.3, -0.25) is 4.79 Å². The third kappa shape index (κ3) is 7.07. The van der Waals surface area contributed by atoms with E-state index in [1.807, 2.05) is 0 Å². The topological polar surface area (TPSA) is 114 Å². The molecular weight excluding hydrogens is 580 g/mol. The van der Waals surface area contributed by atoms with Crippen molar-refractivity contribution in [1.82, 2.24) is 14.9 Å². The zero-order valence-corrected chi connectivity index (χ0v) is 24.0. The van der Waals surface area contributed by atoms with Crippen LogP contribution in [0, 0.1) is 17.6 Å². The van der Waals surface area contributed by atoms with E-state index in [4.69, 9.17) is 9.57 Å². The van der Waals surface area contributed by atoms with E-state index < -0.39 is 26.6 Å². The molecule has 224 valence electrons. The predicted molar refractivity (Wildman–Crippen MR) is 156 cm³/mol. The molecule has 5 rings (SSSR count). The van der Waals surface area contributed by atoms with Crippen LogP contribution >= 0.6 is 0 Å². The van der Waals surface area contributed by atoms with Gasteiger partial charge in [0.15, 0.2) is 11.6 Å². The van der Waals surface area contributed by atoms with E-state index in [-0.39, 0.29) is 17.9 Å². The summed E-state index contributed by atoms with van der Waals surface area (Å²) in [5.41, 5.74) is 1.46. The molecule has 2 heterocycles. The zero-order valence-electron chi connectivity index (χ0n) is 23.2. The predicted octanol–water partition coefficient (Wildman–Crippen LogP) is 5.17. The molecule has 4 aromatic rings. The van der Waals surface area contributed by atoms with Crippen LogP contribution in [-0.2, 0) is 19.7 Å². The Morgan fingerprint density at radius 2 is 1.74 bits per heavy atom. The lowest BCUT2D eigenvalue weighted by Gasteiger charge is -2.28. The fourth-order valence-electron chi connectivity index (χ4n) is 4.65. The summed E-state index contributed by atoms with van der Waals surface area (Å²) in [7, 11) is -2.46. The summed E-state index contributed by atoms with van der Waals surface area (Å²) in [6.07, 6.45) is 3.37. The quantitative estimate of drug-likeness (QED) is 0.182. The van der Waals surface area contributed by atoms with Crippen LogP contribution in [0.15, 0.2) is 84.0 Å². The average Bonchev–Trinajstić information content (AvgIpc) is 3.01. The summed E-state index contributed by atoms with van der Waals surface area (Å²) in [5, 5.41) is 3.07. The molecule has 1 aliphatic heterocycles. The molecule has 0 unspecified atom stereocenters. The minimum Gasteiger partial charge on any atom is -0.490 e. The molecule has 0 radical (unpaired) electrons. The second kappa shape index (κ2) is 13.1. The van der Waals surface area contributed by atoms with Gasteiger partial charge < -0.3 is 19.8 Å². The van der Waals surface area contributed by atoms with Gasteiger partial charge in [0.2, 0.25) is 0 Å². The normalized spacial score (nSPS) is 14.2. The highest BCUT2D eigenvalue weighted by atomic mass is 32.2. The standard InChI is InChI=1S/C30H29F2N5O5S/c1-36-14-12-21(13-15-36)18-41-28-11-6-22(16-26(28)32)27-17-30(34-19-33-27)35-23-7-9-24(10-8-23)37(42-20-38)43(39,40)29-5-3-2-4-25(29)31/h2-11,16-17,19-21H,12-15,18H2,1H3,(H,33,34,35). The average molecular weight is 610 g/mol. The molecule has 1 saturated heterocycles. The number of piperidine rings is 1. The number of ether oxygens (including phenoxy) is 1.